The number of carbonyl (C=O) groups is 1. The molecule has 2 atom stereocenters. The Balaban J connectivity index is 1.77. The van der Waals surface area contributed by atoms with Gasteiger partial charge in [0.1, 0.15) is 19.3 Å². The van der Waals surface area contributed by atoms with Crippen molar-refractivity contribution in [3.8, 4) is 11.5 Å². The summed E-state index contributed by atoms with van der Waals surface area (Å²) in [4.78, 5) is 12.8. The molecule has 2 aromatic rings. The summed E-state index contributed by atoms with van der Waals surface area (Å²) in [6.45, 7) is 4.40. The first-order valence-electron chi connectivity index (χ1n) is 9.02. The van der Waals surface area contributed by atoms with Gasteiger partial charge >= 0.3 is 0 Å². The van der Waals surface area contributed by atoms with Gasteiger partial charge in [-0.3, -0.25) is 9.10 Å². The van der Waals surface area contributed by atoms with Crippen LogP contribution >= 0.6 is 0 Å². The molecule has 0 unspecified atom stereocenters. The lowest BCUT2D eigenvalue weighted by Crippen LogP contribution is -2.48. The van der Waals surface area contributed by atoms with Crippen LogP contribution in [0.25, 0.3) is 0 Å². The average molecular weight is 404 g/mol. The minimum Gasteiger partial charge on any atom is -0.486 e. The number of nitrogens with one attached hydrogen (secondary N) is 1. The van der Waals surface area contributed by atoms with E-state index in [1.54, 1.807) is 37.3 Å². The smallest absolute Gasteiger partial charge is 0.244 e. The van der Waals surface area contributed by atoms with Crippen molar-refractivity contribution in [2.45, 2.75) is 25.9 Å². The van der Waals surface area contributed by atoms with Crippen LogP contribution < -0.4 is 19.1 Å². The van der Waals surface area contributed by atoms with Gasteiger partial charge in [-0.05, 0) is 43.7 Å². The molecule has 0 saturated carbocycles. The van der Waals surface area contributed by atoms with Gasteiger partial charge in [-0.15, -0.1) is 0 Å². The molecule has 1 aliphatic rings. The molecular weight excluding hydrogens is 380 g/mol. The molecule has 1 heterocycles. The zero-order chi connectivity index (χ0) is 20.3. The van der Waals surface area contributed by atoms with Crippen LogP contribution in [0.2, 0.25) is 0 Å². The highest BCUT2D eigenvalue weighted by atomic mass is 32.2. The van der Waals surface area contributed by atoms with Crippen molar-refractivity contribution in [3.05, 3.63) is 54.1 Å². The molecule has 2 aromatic carbocycles. The Bertz CT molecular complexity index is 946. The van der Waals surface area contributed by atoms with E-state index in [0.717, 1.165) is 16.1 Å². The van der Waals surface area contributed by atoms with Crippen molar-refractivity contribution in [2.24, 2.45) is 0 Å². The molecule has 8 heteroatoms. The van der Waals surface area contributed by atoms with E-state index < -0.39 is 22.0 Å². The Morgan fingerprint density at radius 1 is 1.04 bits per heavy atom. The molecule has 0 saturated heterocycles. The highest BCUT2D eigenvalue weighted by Gasteiger charge is 2.30. The van der Waals surface area contributed by atoms with Gasteiger partial charge in [0.25, 0.3) is 0 Å². The summed E-state index contributed by atoms with van der Waals surface area (Å²) < 4.78 is 36.8. The molecule has 0 aliphatic carbocycles. The van der Waals surface area contributed by atoms with Gasteiger partial charge in [0.15, 0.2) is 11.5 Å². The van der Waals surface area contributed by atoms with Crippen molar-refractivity contribution < 1.29 is 22.7 Å². The van der Waals surface area contributed by atoms with E-state index in [2.05, 4.69) is 5.32 Å². The third-order valence-electron chi connectivity index (χ3n) is 4.52. The normalized spacial score (nSPS) is 15.4. The van der Waals surface area contributed by atoms with Crippen molar-refractivity contribution >= 4 is 21.6 Å². The van der Waals surface area contributed by atoms with Crippen molar-refractivity contribution in [1.29, 1.82) is 0 Å². The zero-order valence-corrected chi connectivity index (χ0v) is 16.9. The highest BCUT2D eigenvalue weighted by molar-refractivity contribution is 7.92. The largest absolute Gasteiger partial charge is 0.486 e. The number of hydrogen-bond acceptors (Lipinski definition) is 5. The summed E-state index contributed by atoms with van der Waals surface area (Å²) in [7, 11) is -3.64. The summed E-state index contributed by atoms with van der Waals surface area (Å²) in [6.07, 6.45) is 1.09. The number of rotatable bonds is 6. The molecule has 0 spiro atoms. The zero-order valence-electron chi connectivity index (χ0n) is 16.1. The second kappa shape index (κ2) is 8.10. The van der Waals surface area contributed by atoms with Crippen LogP contribution in [0, 0.1) is 0 Å². The maximum absolute atomic E-state index is 12.8. The van der Waals surface area contributed by atoms with Crippen molar-refractivity contribution in [3.63, 3.8) is 0 Å². The number of carbonyl (C=O) groups excluding carboxylic acids is 1. The molecule has 28 heavy (non-hydrogen) atoms. The van der Waals surface area contributed by atoms with Crippen LogP contribution in [0.4, 0.5) is 5.69 Å². The molecule has 1 N–H and O–H groups in total. The van der Waals surface area contributed by atoms with E-state index in [1.807, 2.05) is 25.1 Å². The number of anilines is 1. The average Bonchev–Trinajstić information content (AvgIpc) is 2.67. The predicted octanol–water partition coefficient (Wildman–Crippen LogP) is 2.49. The van der Waals surface area contributed by atoms with E-state index in [4.69, 9.17) is 9.47 Å². The van der Waals surface area contributed by atoms with Crippen LogP contribution in [0.15, 0.2) is 48.5 Å². The number of ether oxygens (including phenoxy) is 2. The van der Waals surface area contributed by atoms with Crippen molar-refractivity contribution in [1.82, 2.24) is 5.32 Å². The molecule has 0 aromatic heterocycles. The van der Waals surface area contributed by atoms with Crippen LogP contribution in [0.5, 0.6) is 11.5 Å². The fourth-order valence-corrected chi connectivity index (χ4v) is 4.31. The Morgan fingerprint density at radius 2 is 1.68 bits per heavy atom. The van der Waals surface area contributed by atoms with Gasteiger partial charge in [0, 0.05) is 0 Å². The van der Waals surface area contributed by atoms with Crippen LogP contribution in [0.1, 0.15) is 25.5 Å². The molecule has 0 bridgehead atoms. The number of nitrogens with zero attached hydrogens (tertiary/aromatic N) is 1. The SMILES string of the molecule is C[C@@H](NC(=O)[C@H](C)N(c1ccccc1)S(C)(=O)=O)c1ccc2c(c1)OCCO2. The van der Waals surface area contributed by atoms with E-state index in [0.29, 0.717) is 30.4 Å². The highest BCUT2D eigenvalue weighted by Crippen LogP contribution is 2.32. The summed E-state index contributed by atoms with van der Waals surface area (Å²) in [5.41, 5.74) is 1.29. The topological polar surface area (TPSA) is 84.9 Å². The summed E-state index contributed by atoms with van der Waals surface area (Å²) in [6, 6.07) is 12.8. The Kier molecular flexibility index (Phi) is 5.79. The van der Waals surface area contributed by atoms with Gasteiger partial charge in [-0.1, -0.05) is 24.3 Å². The van der Waals surface area contributed by atoms with E-state index in [9.17, 15) is 13.2 Å². The Labute approximate surface area is 165 Å². The monoisotopic (exact) mass is 404 g/mol. The second-order valence-corrected chi connectivity index (χ2v) is 8.56. The standard InChI is InChI=1S/C20H24N2O5S/c1-14(16-9-10-18-19(13-16)27-12-11-26-18)21-20(23)15(2)22(28(3,24)25)17-7-5-4-6-8-17/h4-10,13-15H,11-12H2,1-3H3,(H,21,23)/t14-,15+/m1/s1. The summed E-state index contributed by atoms with van der Waals surface area (Å²) >= 11 is 0. The maximum Gasteiger partial charge on any atom is 0.244 e. The minimum absolute atomic E-state index is 0.331. The maximum atomic E-state index is 12.8. The van der Waals surface area contributed by atoms with Gasteiger partial charge in [-0.2, -0.15) is 0 Å². The molecular formula is C20H24N2O5S. The molecule has 150 valence electrons. The number of sulfonamides is 1. The number of para-hydroxylation sites is 1. The van der Waals surface area contributed by atoms with Gasteiger partial charge in [0.05, 0.1) is 18.0 Å². The second-order valence-electron chi connectivity index (χ2n) is 6.70. The van der Waals surface area contributed by atoms with E-state index >= 15 is 0 Å². The first-order chi connectivity index (χ1) is 13.3. The number of benzene rings is 2. The lowest BCUT2D eigenvalue weighted by atomic mass is 10.1. The van der Waals surface area contributed by atoms with Gasteiger partial charge in [-0.25, -0.2) is 8.42 Å². The third-order valence-corrected chi connectivity index (χ3v) is 5.77. The molecule has 1 aliphatic heterocycles. The Morgan fingerprint density at radius 3 is 2.32 bits per heavy atom. The molecule has 1 amide bonds. The van der Waals surface area contributed by atoms with E-state index in [1.165, 1.54) is 0 Å². The lowest BCUT2D eigenvalue weighted by molar-refractivity contribution is -0.122. The van der Waals surface area contributed by atoms with Crippen molar-refractivity contribution in [2.75, 3.05) is 23.8 Å². The summed E-state index contributed by atoms with van der Waals surface area (Å²) in [5.74, 6) is 0.922. The molecule has 0 radical (unpaired) electrons. The van der Waals surface area contributed by atoms with Crippen LogP contribution in [-0.2, 0) is 14.8 Å². The van der Waals surface area contributed by atoms with Crippen LogP contribution in [-0.4, -0.2) is 39.8 Å². The van der Waals surface area contributed by atoms with Gasteiger partial charge < -0.3 is 14.8 Å². The fourth-order valence-electron chi connectivity index (χ4n) is 3.13. The predicted molar refractivity (Wildman–Crippen MR) is 107 cm³/mol. The number of amides is 1. The fraction of sp³-hybridized carbons (Fsp3) is 0.350. The Hall–Kier alpha value is -2.74. The summed E-state index contributed by atoms with van der Waals surface area (Å²) in [5, 5.41) is 2.88. The molecule has 3 rings (SSSR count). The minimum atomic E-state index is -3.64. The number of fused-ring (bicyclic) bond motifs is 1. The third kappa shape index (κ3) is 4.39. The van der Waals surface area contributed by atoms with E-state index in [-0.39, 0.29) is 6.04 Å². The van der Waals surface area contributed by atoms with Crippen LogP contribution in [0.3, 0.4) is 0 Å². The first kappa shape index (κ1) is 20.0. The molecule has 0 fully saturated rings. The lowest BCUT2D eigenvalue weighted by Gasteiger charge is -2.29. The molecule has 7 nitrogen and oxygen atoms in total. The quantitative estimate of drug-likeness (QED) is 0.800. The van der Waals surface area contributed by atoms with Gasteiger partial charge in [0.2, 0.25) is 15.9 Å². The first-order valence-corrected chi connectivity index (χ1v) is 10.9. The number of hydrogen-bond donors (Lipinski definition) is 1.